The highest BCUT2D eigenvalue weighted by atomic mass is 35.5. The maximum Gasteiger partial charge on any atom is 0.346 e. The van der Waals surface area contributed by atoms with E-state index >= 15 is 0 Å². The SMILES string of the molecule is CCNCCCNCc1ccc(Oc2nnnn2-c2ccccc2)c(OCC)c1.Cl.Cl. The maximum atomic E-state index is 5.99. The fourth-order valence-corrected chi connectivity index (χ4v) is 2.84. The van der Waals surface area contributed by atoms with Gasteiger partial charge in [-0.1, -0.05) is 36.3 Å². The van der Waals surface area contributed by atoms with E-state index in [2.05, 4.69) is 33.1 Å². The van der Waals surface area contributed by atoms with Crippen LogP contribution in [0.5, 0.6) is 17.5 Å². The van der Waals surface area contributed by atoms with Gasteiger partial charge in [0.1, 0.15) is 0 Å². The molecule has 0 atom stereocenters. The van der Waals surface area contributed by atoms with Gasteiger partial charge in [-0.2, -0.15) is 4.68 Å². The predicted molar refractivity (Wildman–Crippen MR) is 126 cm³/mol. The van der Waals surface area contributed by atoms with Gasteiger partial charge in [0.2, 0.25) is 0 Å². The molecular weight excluding hydrogens is 439 g/mol. The van der Waals surface area contributed by atoms with Crippen LogP contribution in [0.2, 0.25) is 0 Å². The number of para-hydroxylation sites is 1. The molecule has 0 unspecified atom stereocenters. The fourth-order valence-electron chi connectivity index (χ4n) is 2.84. The molecule has 10 heteroatoms. The zero-order chi connectivity index (χ0) is 20.3. The number of nitrogens with one attached hydrogen (secondary N) is 2. The van der Waals surface area contributed by atoms with Crippen LogP contribution in [0.25, 0.3) is 5.69 Å². The molecule has 0 bridgehead atoms. The maximum absolute atomic E-state index is 5.99. The zero-order valence-electron chi connectivity index (χ0n) is 17.8. The van der Waals surface area contributed by atoms with Gasteiger partial charge in [-0.3, -0.25) is 0 Å². The van der Waals surface area contributed by atoms with Crippen molar-refractivity contribution in [2.45, 2.75) is 26.8 Å². The van der Waals surface area contributed by atoms with E-state index in [1.165, 1.54) is 0 Å². The molecule has 3 rings (SSSR count). The third-order valence-electron chi connectivity index (χ3n) is 4.24. The second-order valence-corrected chi connectivity index (χ2v) is 6.41. The smallest absolute Gasteiger partial charge is 0.346 e. The predicted octanol–water partition coefficient (Wildman–Crippen LogP) is 3.79. The van der Waals surface area contributed by atoms with Crippen LogP contribution in [0.1, 0.15) is 25.8 Å². The van der Waals surface area contributed by atoms with Gasteiger partial charge in [-0.05, 0) is 73.2 Å². The number of tetrazole rings is 1. The number of aromatic nitrogens is 4. The molecule has 1 heterocycles. The van der Waals surface area contributed by atoms with Crippen molar-refractivity contribution in [1.29, 1.82) is 0 Å². The Morgan fingerprint density at radius 1 is 0.935 bits per heavy atom. The Morgan fingerprint density at radius 3 is 2.45 bits per heavy atom. The quantitative estimate of drug-likeness (QED) is 0.391. The third kappa shape index (κ3) is 7.99. The summed E-state index contributed by atoms with van der Waals surface area (Å²) < 4.78 is 13.3. The summed E-state index contributed by atoms with van der Waals surface area (Å²) in [6.07, 6.45) is 1.09. The van der Waals surface area contributed by atoms with E-state index < -0.39 is 0 Å². The van der Waals surface area contributed by atoms with Gasteiger partial charge in [0.05, 0.1) is 12.3 Å². The molecule has 2 N–H and O–H groups in total. The molecule has 8 nitrogen and oxygen atoms in total. The van der Waals surface area contributed by atoms with Crippen molar-refractivity contribution in [2.75, 3.05) is 26.2 Å². The Kier molecular flexibility index (Phi) is 12.5. The van der Waals surface area contributed by atoms with Gasteiger partial charge in [-0.25, -0.2) is 0 Å². The molecule has 2 aromatic carbocycles. The first-order valence-electron chi connectivity index (χ1n) is 10.0. The summed E-state index contributed by atoms with van der Waals surface area (Å²) in [5, 5.41) is 18.5. The highest BCUT2D eigenvalue weighted by Gasteiger charge is 2.14. The van der Waals surface area contributed by atoms with Crippen LogP contribution in [0, 0.1) is 0 Å². The highest BCUT2D eigenvalue weighted by molar-refractivity contribution is 5.85. The molecule has 1 aromatic heterocycles. The Morgan fingerprint density at radius 2 is 1.71 bits per heavy atom. The van der Waals surface area contributed by atoms with Gasteiger partial charge in [0.25, 0.3) is 0 Å². The molecular formula is C21H30Cl2N6O2. The van der Waals surface area contributed by atoms with E-state index in [-0.39, 0.29) is 30.8 Å². The third-order valence-corrected chi connectivity index (χ3v) is 4.24. The van der Waals surface area contributed by atoms with Crippen LogP contribution >= 0.6 is 24.8 Å². The largest absolute Gasteiger partial charge is 0.490 e. The average molecular weight is 469 g/mol. The van der Waals surface area contributed by atoms with Crippen LogP contribution in [-0.4, -0.2) is 46.4 Å². The summed E-state index contributed by atoms with van der Waals surface area (Å²) in [6, 6.07) is 15.8. The van der Waals surface area contributed by atoms with Gasteiger partial charge >= 0.3 is 6.01 Å². The molecule has 0 aliphatic carbocycles. The van der Waals surface area contributed by atoms with E-state index in [1.807, 2.05) is 55.5 Å². The van der Waals surface area contributed by atoms with E-state index in [0.717, 1.165) is 43.9 Å². The van der Waals surface area contributed by atoms with E-state index in [4.69, 9.17) is 9.47 Å². The lowest BCUT2D eigenvalue weighted by Crippen LogP contribution is -2.21. The Hall–Kier alpha value is -2.39. The van der Waals surface area contributed by atoms with Gasteiger partial charge in [0.15, 0.2) is 11.5 Å². The summed E-state index contributed by atoms with van der Waals surface area (Å²) in [5.74, 6) is 1.25. The number of ether oxygens (including phenoxy) is 2. The fraction of sp³-hybridized carbons (Fsp3) is 0.381. The van der Waals surface area contributed by atoms with Gasteiger partial charge in [0, 0.05) is 6.54 Å². The minimum absolute atomic E-state index is 0. The minimum Gasteiger partial charge on any atom is -0.490 e. The molecule has 0 aliphatic heterocycles. The Balaban J connectivity index is 0.00000240. The number of hydrogen-bond donors (Lipinski definition) is 2. The first kappa shape index (κ1) is 26.6. The first-order chi connectivity index (χ1) is 14.3. The molecule has 0 saturated carbocycles. The standard InChI is InChI=1S/C21H28N6O2.2ClH/c1-3-22-13-8-14-23-16-17-11-12-19(20(15-17)28-4-2)29-21-24-25-26-27(21)18-9-6-5-7-10-18;;/h5-7,9-12,15,22-23H,3-4,8,13-14,16H2,1-2H3;2*1H. The normalized spacial score (nSPS) is 10.1. The molecule has 170 valence electrons. The lowest BCUT2D eigenvalue weighted by molar-refractivity contribution is 0.315. The monoisotopic (exact) mass is 468 g/mol. The Labute approximate surface area is 195 Å². The van der Waals surface area contributed by atoms with Crippen molar-refractivity contribution in [3.05, 3.63) is 54.1 Å². The highest BCUT2D eigenvalue weighted by Crippen LogP contribution is 2.32. The Bertz CT molecular complexity index is 879. The second-order valence-electron chi connectivity index (χ2n) is 6.41. The molecule has 0 fully saturated rings. The van der Waals surface area contributed by atoms with Crippen molar-refractivity contribution >= 4 is 24.8 Å². The van der Waals surface area contributed by atoms with Crippen molar-refractivity contribution in [3.8, 4) is 23.2 Å². The summed E-state index contributed by atoms with van der Waals surface area (Å²) >= 11 is 0. The van der Waals surface area contributed by atoms with Crippen LogP contribution in [0.15, 0.2) is 48.5 Å². The number of benzene rings is 2. The summed E-state index contributed by atoms with van der Waals surface area (Å²) in [6.45, 7) is 8.37. The van der Waals surface area contributed by atoms with Crippen molar-refractivity contribution in [2.24, 2.45) is 0 Å². The molecule has 0 aliphatic rings. The molecule has 0 saturated heterocycles. The number of rotatable bonds is 12. The lowest BCUT2D eigenvalue weighted by Gasteiger charge is -2.13. The molecule has 0 radical (unpaired) electrons. The van der Waals surface area contributed by atoms with E-state index in [1.54, 1.807) is 4.68 Å². The second kappa shape index (κ2) is 14.6. The van der Waals surface area contributed by atoms with Crippen LogP contribution in [0.4, 0.5) is 0 Å². The van der Waals surface area contributed by atoms with Crippen molar-refractivity contribution < 1.29 is 9.47 Å². The summed E-state index contributed by atoms with van der Waals surface area (Å²) in [4.78, 5) is 0. The molecule has 31 heavy (non-hydrogen) atoms. The lowest BCUT2D eigenvalue weighted by atomic mass is 10.2. The van der Waals surface area contributed by atoms with Gasteiger partial charge in [-0.15, -0.1) is 24.8 Å². The number of halogens is 2. The zero-order valence-corrected chi connectivity index (χ0v) is 19.4. The van der Waals surface area contributed by atoms with Crippen LogP contribution < -0.4 is 20.1 Å². The topological polar surface area (TPSA) is 86.1 Å². The van der Waals surface area contributed by atoms with E-state index in [0.29, 0.717) is 18.1 Å². The number of nitrogens with zero attached hydrogens (tertiary/aromatic N) is 4. The summed E-state index contributed by atoms with van der Waals surface area (Å²) in [5.41, 5.74) is 1.95. The molecule has 3 aromatic rings. The number of hydrogen-bond acceptors (Lipinski definition) is 7. The first-order valence-corrected chi connectivity index (χ1v) is 10.0. The molecule has 0 spiro atoms. The van der Waals surface area contributed by atoms with Crippen LogP contribution in [0.3, 0.4) is 0 Å². The van der Waals surface area contributed by atoms with Crippen LogP contribution in [-0.2, 0) is 6.54 Å². The summed E-state index contributed by atoms with van der Waals surface area (Å²) in [7, 11) is 0. The minimum atomic E-state index is 0. The van der Waals surface area contributed by atoms with E-state index in [9.17, 15) is 0 Å². The average Bonchev–Trinajstić information content (AvgIpc) is 3.21. The van der Waals surface area contributed by atoms with Crippen molar-refractivity contribution in [3.63, 3.8) is 0 Å². The van der Waals surface area contributed by atoms with Crippen molar-refractivity contribution in [1.82, 2.24) is 30.8 Å². The molecule has 0 amide bonds. The van der Waals surface area contributed by atoms with Gasteiger partial charge < -0.3 is 20.1 Å².